The fraction of sp³-hybridized carbons (Fsp3) is 0.156. The molecule has 0 saturated heterocycles. The van der Waals surface area contributed by atoms with Crippen molar-refractivity contribution in [1.82, 2.24) is 4.57 Å². The van der Waals surface area contributed by atoms with Crippen LogP contribution in [0.2, 0.25) is 0 Å². The van der Waals surface area contributed by atoms with Crippen LogP contribution in [-0.4, -0.2) is 30.0 Å². The van der Waals surface area contributed by atoms with Crippen LogP contribution in [0.15, 0.2) is 91.5 Å². The lowest BCUT2D eigenvalue weighted by Gasteiger charge is -2.26. The molecule has 0 spiro atoms. The van der Waals surface area contributed by atoms with Gasteiger partial charge in [0.1, 0.15) is 12.4 Å². The number of hydrogen-bond donors (Lipinski definition) is 0. The Labute approximate surface area is 273 Å². The van der Waals surface area contributed by atoms with Crippen molar-refractivity contribution >= 4 is 79.4 Å². The maximum atomic E-state index is 14.2. The number of thiazole rings is 1. The molecular weight excluding hydrogens is 747 g/mol. The van der Waals surface area contributed by atoms with Gasteiger partial charge in [-0.3, -0.25) is 9.36 Å². The fourth-order valence-corrected chi connectivity index (χ4v) is 7.74. The Morgan fingerprint density at radius 3 is 2.62 bits per heavy atom. The molecule has 0 unspecified atom stereocenters. The van der Waals surface area contributed by atoms with E-state index in [4.69, 9.17) is 20.9 Å². The Morgan fingerprint density at radius 2 is 1.95 bits per heavy atom. The highest BCUT2D eigenvalue weighted by atomic mass is 127. The second kappa shape index (κ2) is 13.5. The maximum Gasteiger partial charge on any atom is 0.338 e. The predicted molar refractivity (Wildman–Crippen MR) is 180 cm³/mol. The maximum absolute atomic E-state index is 14.2. The number of esters is 1. The summed E-state index contributed by atoms with van der Waals surface area (Å²) in [7, 11) is 0. The van der Waals surface area contributed by atoms with Crippen LogP contribution < -0.4 is 19.6 Å². The zero-order valence-electron chi connectivity index (χ0n) is 22.6. The van der Waals surface area contributed by atoms with E-state index in [-0.39, 0.29) is 18.8 Å². The summed E-state index contributed by atoms with van der Waals surface area (Å²) >= 11 is 8.60. The lowest BCUT2D eigenvalue weighted by atomic mass is 9.93. The Kier molecular flexibility index (Phi) is 9.73. The van der Waals surface area contributed by atoms with Crippen molar-refractivity contribution in [1.29, 1.82) is 0 Å². The molecule has 0 saturated carbocycles. The Bertz CT molecular complexity index is 1910. The van der Waals surface area contributed by atoms with Gasteiger partial charge in [-0.25, -0.2) is 9.79 Å². The quantitative estimate of drug-likeness (QED) is 0.0948. The first-order valence-corrected chi connectivity index (χ1v) is 16.7. The summed E-state index contributed by atoms with van der Waals surface area (Å²) in [4.78, 5) is 34.3. The molecule has 0 N–H and O–H groups in total. The van der Waals surface area contributed by atoms with E-state index in [0.717, 1.165) is 24.1 Å². The van der Waals surface area contributed by atoms with Gasteiger partial charge in [-0.15, -0.1) is 18.2 Å². The van der Waals surface area contributed by atoms with Gasteiger partial charge in [0.2, 0.25) is 0 Å². The number of rotatable bonds is 8. The van der Waals surface area contributed by atoms with Gasteiger partial charge in [0.25, 0.3) is 5.56 Å². The number of benzene rings is 3. The lowest BCUT2D eigenvalue weighted by molar-refractivity contribution is -0.138. The van der Waals surface area contributed by atoms with Gasteiger partial charge in [0, 0.05) is 20.5 Å². The number of aromatic nitrogens is 1. The fourth-order valence-electron chi connectivity index (χ4n) is 4.64. The summed E-state index contributed by atoms with van der Waals surface area (Å²) in [5, 5.41) is 0. The molecule has 42 heavy (non-hydrogen) atoms. The van der Waals surface area contributed by atoms with Gasteiger partial charge in [-0.05, 0) is 71.7 Å². The first-order valence-electron chi connectivity index (χ1n) is 12.8. The molecule has 0 bridgehead atoms. The van der Waals surface area contributed by atoms with Gasteiger partial charge < -0.3 is 9.47 Å². The summed E-state index contributed by atoms with van der Waals surface area (Å²) < 4.78 is 15.1. The Morgan fingerprint density at radius 1 is 1.21 bits per heavy atom. The standard InChI is InChI=1S/C32H24BrIN2O4S2/c1-4-15-40-29-21(16-22(33)18-24(29)34)17-25-30(37)36-28(20-11-13-23(41-3)14-12-20)26(31(38)39-5-2)27(35-32(36)42-25)19-9-7-6-8-10-19/h1,6-14,16-18,28H,5,15H2,2-3H3/b25-17-/t28-/m1/s1. The zero-order chi connectivity index (χ0) is 29.8. The van der Waals surface area contributed by atoms with Gasteiger partial charge in [0.15, 0.2) is 4.80 Å². The van der Waals surface area contributed by atoms with Crippen molar-refractivity contribution in [3.05, 3.63) is 117 Å². The first kappa shape index (κ1) is 30.4. The van der Waals surface area contributed by atoms with Crippen LogP contribution >= 0.6 is 61.6 Å². The van der Waals surface area contributed by atoms with Crippen LogP contribution in [-0.2, 0) is 9.53 Å². The number of ether oxygens (including phenoxy) is 2. The average molecular weight is 771 g/mol. The number of nitrogens with zero attached hydrogens (tertiary/aromatic N) is 2. The molecule has 1 aromatic heterocycles. The summed E-state index contributed by atoms with van der Waals surface area (Å²) in [6.07, 6.45) is 9.24. The number of hydrogen-bond acceptors (Lipinski definition) is 7. The molecule has 1 aliphatic heterocycles. The van der Waals surface area contributed by atoms with Crippen molar-refractivity contribution in [2.75, 3.05) is 19.5 Å². The second-order valence-corrected chi connectivity index (χ2v) is 13.0. The molecule has 0 fully saturated rings. The topological polar surface area (TPSA) is 69.9 Å². The average Bonchev–Trinajstić information content (AvgIpc) is 3.30. The SMILES string of the molecule is C#CCOc1c(I)cc(Br)cc1/C=c1\sc2n(c1=O)[C@H](c1ccc(SC)cc1)C(C(=O)OCC)=C(c1ccccc1)N=2. The van der Waals surface area contributed by atoms with Gasteiger partial charge in [-0.2, -0.15) is 0 Å². The Hall–Kier alpha value is -3.11. The van der Waals surface area contributed by atoms with Crippen LogP contribution in [0.4, 0.5) is 0 Å². The van der Waals surface area contributed by atoms with Crippen LogP contribution in [0.25, 0.3) is 11.8 Å². The van der Waals surface area contributed by atoms with Crippen molar-refractivity contribution < 1.29 is 14.3 Å². The minimum Gasteiger partial charge on any atom is -0.479 e. The van der Waals surface area contributed by atoms with Crippen LogP contribution in [0.3, 0.4) is 0 Å². The molecule has 2 heterocycles. The van der Waals surface area contributed by atoms with Crippen LogP contribution in [0, 0.1) is 15.9 Å². The van der Waals surface area contributed by atoms with E-state index in [0.29, 0.717) is 31.9 Å². The molecule has 4 aromatic rings. The molecule has 0 aliphatic carbocycles. The Balaban J connectivity index is 1.82. The highest BCUT2D eigenvalue weighted by Crippen LogP contribution is 2.36. The first-order chi connectivity index (χ1) is 20.4. The highest BCUT2D eigenvalue weighted by Gasteiger charge is 2.35. The minimum atomic E-state index is -0.742. The largest absolute Gasteiger partial charge is 0.479 e. The van der Waals surface area contributed by atoms with E-state index in [1.165, 1.54) is 11.3 Å². The molecule has 6 nitrogen and oxygen atoms in total. The molecule has 0 amide bonds. The van der Waals surface area contributed by atoms with Gasteiger partial charge >= 0.3 is 5.97 Å². The normalized spacial score (nSPS) is 14.6. The number of carbonyl (C=O) groups is 1. The number of fused-ring (bicyclic) bond motifs is 1. The smallest absolute Gasteiger partial charge is 0.338 e. The van der Waals surface area contributed by atoms with Gasteiger partial charge in [-0.1, -0.05) is 75.7 Å². The monoisotopic (exact) mass is 770 g/mol. The van der Waals surface area contributed by atoms with E-state index >= 15 is 0 Å². The van der Waals surface area contributed by atoms with E-state index in [2.05, 4.69) is 44.4 Å². The molecule has 0 radical (unpaired) electrons. The third-order valence-electron chi connectivity index (χ3n) is 6.43. The molecule has 5 rings (SSSR count). The van der Waals surface area contributed by atoms with Crippen molar-refractivity contribution in [3.8, 4) is 18.1 Å². The van der Waals surface area contributed by atoms with E-state index < -0.39 is 12.0 Å². The molecule has 3 aromatic carbocycles. The number of terminal acetylenes is 1. The molecule has 1 aliphatic rings. The zero-order valence-corrected chi connectivity index (χ0v) is 28.0. The number of thioether (sulfide) groups is 1. The third kappa shape index (κ3) is 6.15. The van der Waals surface area contributed by atoms with E-state index in [1.54, 1.807) is 29.3 Å². The van der Waals surface area contributed by atoms with E-state index in [9.17, 15) is 9.59 Å². The van der Waals surface area contributed by atoms with Crippen LogP contribution in [0.1, 0.15) is 29.7 Å². The third-order valence-corrected chi connectivity index (χ3v) is 9.41. The van der Waals surface area contributed by atoms with Crippen molar-refractivity contribution in [3.63, 3.8) is 0 Å². The summed E-state index contributed by atoms with van der Waals surface area (Å²) in [5.41, 5.74) is 2.76. The summed E-state index contributed by atoms with van der Waals surface area (Å²) in [6.45, 7) is 2.04. The summed E-state index contributed by atoms with van der Waals surface area (Å²) in [6, 6.07) is 20.4. The van der Waals surface area contributed by atoms with E-state index in [1.807, 2.05) is 73.0 Å². The number of carbonyl (C=O) groups excluding carboxylic acids is 1. The molecule has 212 valence electrons. The molecule has 10 heteroatoms. The molecular formula is C32H24BrIN2O4S2. The second-order valence-electron chi connectivity index (χ2n) is 9.00. The number of halogens is 2. The lowest BCUT2D eigenvalue weighted by Crippen LogP contribution is -2.40. The predicted octanol–water partition coefficient (Wildman–Crippen LogP) is 6.04. The molecule has 1 atom stereocenters. The van der Waals surface area contributed by atoms with Gasteiger partial charge in [0.05, 0.1) is 32.0 Å². The minimum absolute atomic E-state index is 0.0924. The summed E-state index contributed by atoms with van der Waals surface area (Å²) in [5.74, 6) is 2.57. The van der Waals surface area contributed by atoms with Crippen molar-refractivity contribution in [2.45, 2.75) is 17.9 Å². The van der Waals surface area contributed by atoms with Crippen LogP contribution in [0.5, 0.6) is 5.75 Å². The van der Waals surface area contributed by atoms with Crippen molar-refractivity contribution in [2.24, 2.45) is 4.99 Å². The highest BCUT2D eigenvalue weighted by molar-refractivity contribution is 14.1.